The van der Waals surface area contributed by atoms with Crippen molar-refractivity contribution in [2.24, 2.45) is 0 Å². The maximum Gasteiger partial charge on any atom is 0.0850 e. The van der Waals surface area contributed by atoms with Crippen molar-refractivity contribution < 1.29 is 0 Å². The molecule has 0 amide bonds. The molecule has 2 rings (SSSR count). The number of alkyl halides is 1. The molecule has 0 N–H and O–H groups in total. The lowest BCUT2D eigenvalue weighted by Gasteiger charge is -2.13. The molecule has 0 fully saturated rings. The standard InChI is InChI=1S/C13H8Cl4/c14-9-6-4-8(5-7-9)12(16)10-2-1-3-11(15)13(10)17/h1-7,12H. The van der Waals surface area contributed by atoms with Crippen LogP contribution in [0, 0.1) is 0 Å². The molecule has 0 heterocycles. The molecule has 0 aliphatic carbocycles. The fourth-order valence-electron chi connectivity index (χ4n) is 1.53. The molecule has 17 heavy (non-hydrogen) atoms. The van der Waals surface area contributed by atoms with Crippen LogP contribution in [0.1, 0.15) is 16.5 Å². The van der Waals surface area contributed by atoms with Gasteiger partial charge < -0.3 is 0 Å². The summed E-state index contributed by atoms with van der Waals surface area (Å²) < 4.78 is 0. The maximum absolute atomic E-state index is 6.38. The van der Waals surface area contributed by atoms with Crippen LogP contribution < -0.4 is 0 Å². The molecule has 0 saturated carbocycles. The topological polar surface area (TPSA) is 0 Å². The lowest BCUT2D eigenvalue weighted by molar-refractivity contribution is 1.14. The summed E-state index contributed by atoms with van der Waals surface area (Å²) in [6.07, 6.45) is 0. The van der Waals surface area contributed by atoms with E-state index in [-0.39, 0.29) is 5.38 Å². The first-order valence-electron chi connectivity index (χ1n) is 4.93. The van der Waals surface area contributed by atoms with Crippen molar-refractivity contribution in [3.63, 3.8) is 0 Å². The first kappa shape index (κ1) is 13.0. The average Bonchev–Trinajstić information content (AvgIpc) is 2.33. The van der Waals surface area contributed by atoms with Gasteiger partial charge in [0.15, 0.2) is 0 Å². The molecule has 4 heteroatoms. The van der Waals surface area contributed by atoms with Gasteiger partial charge in [-0.05, 0) is 29.3 Å². The zero-order chi connectivity index (χ0) is 12.4. The van der Waals surface area contributed by atoms with Crippen LogP contribution in [0.2, 0.25) is 15.1 Å². The van der Waals surface area contributed by atoms with Gasteiger partial charge in [0.05, 0.1) is 15.4 Å². The predicted octanol–water partition coefficient (Wildman–Crippen LogP) is 5.98. The Morgan fingerprint density at radius 2 is 1.47 bits per heavy atom. The molecule has 88 valence electrons. The molecule has 1 unspecified atom stereocenters. The van der Waals surface area contributed by atoms with E-state index < -0.39 is 0 Å². The Balaban J connectivity index is 2.40. The maximum atomic E-state index is 6.38. The van der Waals surface area contributed by atoms with Crippen LogP contribution in [-0.2, 0) is 0 Å². The molecule has 0 aliphatic heterocycles. The molecule has 0 saturated heterocycles. The molecule has 0 aliphatic rings. The monoisotopic (exact) mass is 304 g/mol. The summed E-state index contributed by atoms with van der Waals surface area (Å²) in [6, 6.07) is 12.8. The highest BCUT2D eigenvalue weighted by Crippen LogP contribution is 2.37. The van der Waals surface area contributed by atoms with Crippen molar-refractivity contribution in [1.29, 1.82) is 0 Å². The van der Waals surface area contributed by atoms with Crippen molar-refractivity contribution in [1.82, 2.24) is 0 Å². The molecule has 1 atom stereocenters. The second-order valence-corrected chi connectivity index (χ2v) is 5.22. The van der Waals surface area contributed by atoms with Crippen molar-refractivity contribution in [2.45, 2.75) is 5.38 Å². The van der Waals surface area contributed by atoms with E-state index in [4.69, 9.17) is 46.4 Å². The van der Waals surface area contributed by atoms with Crippen LogP contribution in [-0.4, -0.2) is 0 Å². The first-order valence-corrected chi connectivity index (χ1v) is 6.50. The fraction of sp³-hybridized carbons (Fsp3) is 0.0769. The predicted molar refractivity (Wildman–Crippen MR) is 75.6 cm³/mol. The van der Waals surface area contributed by atoms with E-state index in [9.17, 15) is 0 Å². The van der Waals surface area contributed by atoms with E-state index in [1.54, 1.807) is 18.2 Å². The number of rotatable bonds is 2. The normalized spacial score (nSPS) is 12.5. The quantitative estimate of drug-likeness (QED) is 0.599. The summed E-state index contributed by atoms with van der Waals surface area (Å²) in [6.45, 7) is 0. The number of benzene rings is 2. The van der Waals surface area contributed by atoms with Crippen LogP contribution in [0.15, 0.2) is 42.5 Å². The Morgan fingerprint density at radius 1 is 0.824 bits per heavy atom. The highest BCUT2D eigenvalue weighted by atomic mass is 35.5. The lowest BCUT2D eigenvalue weighted by Crippen LogP contribution is -1.94. The van der Waals surface area contributed by atoms with Gasteiger partial charge in [-0.2, -0.15) is 0 Å². The van der Waals surface area contributed by atoms with Gasteiger partial charge in [0.1, 0.15) is 0 Å². The Kier molecular flexibility index (Phi) is 4.22. The summed E-state index contributed by atoms with van der Waals surface area (Å²) in [7, 11) is 0. The summed E-state index contributed by atoms with van der Waals surface area (Å²) in [5, 5.41) is 1.33. The van der Waals surface area contributed by atoms with Crippen LogP contribution in [0.3, 0.4) is 0 Å². The second kappa shape index (κ2) is 5.49. The molecule has 0 aromatic heterocycles. The van der Waals surface area contributed by atoms with Gasteiger partial charge in [-0.15, -0.1) is 11.6 Å². The van der Waals surface area contributed by atoms with Gasteiger partial charge in [-0.1, -0.05) is 59.1 Å². The van der Waals surface area contributed by atoms with E-state index in [1.807, 2.05) is 24.3 Å². The zero-order valence-corrected chi connectivity index (χ0v) is 11.7. The van der Waals surface area contributed by atoms with Crippen molar-refractivity contribution in [3.05, 3.63) is 68.7 Å². The minimum atomic E-state index is -0.335. The Morgan fingerprint density at radius 3 is 2.12 bits per heavy atom. The van der Waals surface area contributed by atoms with Crippen LogP contribution >= 0.6 is 46.4 Å². The van der Waals surface area contributed by atoms with Gasteiger partial charge in [0.2, 0.25) is 0 Å². The summed E-state index contributed by atoms with van der Waals surface area (Å²) in [5.74, 6) is 0. The summed E-state index contributed by atoms with van der Waals surface area (Å²) >= 11 is 24.3. The smallest absolute Gasteiger partial charge is 0.0850 e. The summed E-state index contributed by atoms with van der Waals surface area (Å²) in [5.41, 5.74) is 1.73. The van der Waals surface area contributed by atoms with E-state index in [1.165, 1.54) is 0 Å². The van der Waals surface area contributed by atoms with Gasteiger partial charge >= 0.3 is 0 Å². The molecule has 0 radical (unpaired) electrons. The molecular weight excluding hydrogens is 298 g/mol. The molecular formula is C13H8Cl4. The van der Waals surface area contributed by atoms with Gasteiger partial charge in [0, 0.05) is 5.02 Å². The Hall–Kier alpha value is -0.400. The third-order valence-corrected chi connectivity index (χ3v) is 3.99. The average molecular weight is 306 g/mol. The molecule has 0 spiro atoms. The van der Waals surface area contributed by atoms with Gasteiger partial charge in [0.25, 0.3) is 0 Å². The minimum absolute atomic E-state index is 0.335. The Bertz CT molecular complexity index is 519. The van der Waals surface area contributed by atoms with Gasteiger partial charge in [-0.3, -0.25) is 0 Å². The zero-order valence-electron chi connectivity index (χ0n) is 8.63. The van der Waals surface area contributed by atoms with Crippen molar-refractivity contribution in [3.8, 4) is 0 Å². The second-order valence-electron chi connectivity index (χ2n) is 3.56. The van der Waals surface area contributed by atoms with Crippen LogP contribution in [0.5, 0.6) is 0 Å². The van der Waals surface area contributed by atoms with Crippen molar-refractivity contribution >= 4 is 46.4 Å². The van der Waals surface area contributed by atoms with Gasteiger partial charge in [-0.25, -0.2) is 0 Å². The fourth-order valence-corrected chi connectivity index (χ4v) is 2.45. The highest BCUT2D eigenvalue weighted by Gasteiger charge is 2.15. The number of hydrogen-bond acceptors (Lipinski definition) is 0. The molecule has 2 aromatic rings. The van der Waals surface area contributed by atoms with Crippen LogP contribution in [0.25, 0.3) is 0 Å². The first-order chi connectivity index (χ1) is 8.09. The number of halogens is 4. The third kappa shape index (κ3) is 2.89. The molecule has 2 aromatic carbocycles. The number of hydrogen-bond donors (Lipinski definition) is 0. The van der Waals surface area contributed by atoms with E-state index in [0.29, 0.717) is 15.1 Å². The third-order valence-electron chi connectivity index (χ3n) is 2.42. The largest absolute Gasteiger partial charge is 0.113 e. The van der Waals surface area contributed by atoms with Crippen molar-refractivity contribution in [2.75, 3.05) is 0 Å². The van der Waals surface area contributed by atoms with E-state index in [0.717, 1.165) is 11.1 Å². The lowest BCUT2D eigenvalue weighted by atomic mass is 10.0. The van der Waals surface area contributed by atoms with E-state index in [2.05, 4.69) is 0 Å². The summed E-state index contributed by atoms with van der Waals surface area (Å²) in [4.78, 5) is 0. The molecule has 0 nitrogen and oxygen atoms in total. The SMILES string of the molecule is Clc1ccc(C(Cl)c2cccc(Cl)c2Cl)cc1. The highest BCUT2D eigenvalue weighted by molar-refractivity contribution is 6.43. The van der Waals surface area contributed by atoms with Crippen LogP contribution in [0.4, 0.5) is 0 Å². The Labute approximate surface area is 120 Å². The minimum Gasteiger partial charge on any atom is -0.113 e. The van der Waals surface area contributed by atoms with E-state index >= 15 is 0 Å². The molecule has 0 bridgehead atoms.